The largest absolute Gasteiger partial charge is 0.325 e. The van der Waals surface area contributed by atoms with Crippen LogP contribution in [0.15, 0.2) is 53.9 Å². The van der Waals surface area contributed by atoms with Crippen LogP contribution in [-0.4, -0.2) is 37.2 Å². The zero-order valence-electron chi connectivity index (χ0n) is 15.0. The minimum Gasteiger partial charge on any atom is -0.325 e. The molecule has 2 heterocycles. The minimum absolute atomic E-state index is 0.00763. The molecule has 138 valence electrons. The van der Waals surface area contributed by atoms with Crippen molar-refractivity contribution < 1.29 is 9.59 Å². The van der Waals surface area contributed by atoms with Gasteiger partial charge in [0.25, 0.3) is 0 Å². The molecule has 7 nitrogen and oxygen atoms in total. The fourth-order valence-corrected chi connectivity index (χ4v) is 3.31. The second-order valence-corrected chi connectivity index (χ2v) is 6.71. The van der Waals surface area contributed by atoms with E-state index in [9.17, 15) is 9.59 Å². The van der Waals surface area contributed by atoms with Gasteiger partial charge >= 0.3 is 0 Å². The van der Waals surface area contributed by atoms with E-state index < -0.39 is 0 Å². The van der Waals surface area contributed by atoms with Gasteiger partial charge in [0.05, 0.1) is 5.75 Å². The van der Waals surface area contributed by atoms with Gasteiger partial charge in [0, 0.05) is 35.8 Å². The molecule has 0 atom stereocenters. The lowest BCUT2D eigenvalue weighted by molar-refractivity contribution is -0.113. The summed E-state index contributed by atoms with van der Waals surface area (Å²) in [5.41, 5.74) is 2.15. The Kier molecular flexibility index (Phi) is 5.97. The van der Waals surface area contributed by atoms with Gasteiger partial charge in [-0.3, -0.25) is 14.6 Å². The van der Waals surface area contributed by atoms with E-state index in [-0.39, 0.29) is 17.4 Å². The van der Waals surface area contributed by atoms with Crippen molar-refractivity contribution in [1.29, 1.82) is 0 Å². The molecule has 3 rings (SSSR count). The van der Waals surface area contributed by atoms with Gasteiger partial charge < -0.3 is 9.88 Å². The lowest BCUT2D eigenvalue weighted by Gasteiger charge is -2.08. The molecule has 0 saturated carbocycles. The number of Topliss-reactive ketones (excluding diaryl/α,β-unsaturated/α-hetero) is 1. The van der Waals surface area contributed by atoms with Crippen LogP contribution >= 0.6 is 11.8 Å². The Bertz CT molecular complexity index is 938. The molecule has 1 amide bonds. The summed E-state index contributed by atoms with van der Waals surface area (Å²) in [7, 11) is 0. The van der Waals surface area contributed by atoms with Gasteiger partial charge in [0.15, 0.2) is 16.8 Å². The van der Waals surface area contributed by atoms with Crippen LogP contribution in [-0.2, 0) is 11.3 Å². The molecular formula is C19H19N5O2S. The standard InChI is InChI=1S/C19H19N5O2S/c1-3-24-18(15-5-4-10-20-11-15)22-23-19(24)27-12-17(26)21-16-8-6-14(7-9-16)13(2)25/h4-11H,3,12H2,1-2H3,(H,21,26). The fraction of sp³-hybridized carbons (Fsp3) is 0.211. The van der Waals surface area contributed by atoms with Crippen molar-refractivity contribution in [3.05, 3.63) is 54.4 Å². The fourth-order valence-electron chi connectivity index (χ4n) is 2.50. The molecule has 0 spiro atoms. The minimum atomic E-state index is -0.149. The highest BCUT2D eigenvalue weighted by atomic mass is 32.2. The molecular weight excluding hydrogens is 362 g/mol. The molecule has 27 heavy (non-hydrogen) atoms. The van der Waals surface area contributed by atoms with Crippen molar-refractivity contribution in [3.63, 3.8) is 0 Å². The summed E-state index contributed by atoms with van der Waals surface area (Å²) in [4.78, 5) is 27.6. The number of ketones is 1. The Labute approximate surface area is 161 Å². The molecule has 1 N–H and O–H groups in total. The molecule has 0 aliphatic heterocycles. The molecule has 3 aromatic rings. The number of nitrogens with one attached hydrogen (secondary N) is 1. The zero-order chi connectivity index (χ0) is 19.2. The summed E-state index contributed by atoms with van der Waals surface area (Å²) in [6, 6.07) is 10.6. The van der Waals surface area contributed by atoms with E-state index in [4.69, 9.17) is 0 Å². The Morgan fingerprint density at radius 2 is 1.93 bits per heavy atom. The number of anilines is 1. The van der Waals surface area contributed by atoms with Crippen LogP contribution in [0.2, 0.25) is 0 Å². The predicted octanol–water partition coefficient (Wildman–Crippen LogP) is 3.29. The molecule has 0 unspecified atom stereocenters. The van der Waals surface area contributed by atoms with Crippen molar-refractivity contribution in [1.82, 2.24) is 19.7 Å². The number of benzene rings is 1. The second kappa shape index (κ2) is 8.59. The van der Waals surface area contributed by atoms with Gasteiger partial charge in [0.1, 0.15) is 0 Å². The number of pyridine rings is 1. The van der Waals surface area contributed by atoms with Gasteiger partial charge in [-0.05, 0) is 50.2 Å². The van der Waals surface area contributed by atoms with E-state index in [1.807, 2.05) is 23.6 Å². The molecule has 0 radical (unpaired) electrons. The number of carbonyl (C=O) groups is 2. The third-order valence-corrected chi connectivity index (χ3v) is 4.83. The Morgan fingerprint density at radius 1 is 1.15 bits per heavy atom. The van der Waals surface area contributed by atoms with Gasteiger partial charge in [0.2, 0.25) is 5.91 Å². The first kappa shape index (κ1) is 18.8. The SMILES string of the molecule is CCn1c(SCC(=O)Nc2ccc(C(C)=O)cc2)nnc1-c1cccnc1. The van der Waals surface area contributed by atoms with E-state index in [0.717, 1.165) is 11.4 Å². The number of thioether (sulfide) groups is 1. The second-order valence-electron chi connectivity index (χ2n) is 5.76. The van der Waals surface area contributed by atoms with Crippen molar-refractivity contribution in [2.45, 2.75) is 25.5 Å². The highest BCUT2D eigenvalue weighted by molar-refractivity contribution is 7.99. The van der Waals surface area contributed by atoms with E-state index in [2.05, 4.69) is 20.5 Å². The van der Waals surface area contributed by atoms with Crippen LogP contribution in [0.4, 0.5) is 5.69 Å². The van der Waals surface area contributed by atoms with E-state index in [1.165, 1.54) is 18.7 Å². The molecule has 2 aromatic heterocycles. The average Bonchev–Trinajstić information content (AvgIpc) is 3.10. The topological polar surface area (TPSA) is 89.8 Å². The van der Waals surface area contributed by atoms with Gasteiger partial charge in [-0.25, -0.2) is 0 Å². The first-order chi connectivity index (χ1) is 13.1. The van der Waals surface area contributed by atoms with E-state index in [1.54, 1.807) is 36.7 Å². The van der Waals surface area contributed by atoms with Gasteiger partial charge in [-0.2, -0.15) is 0 Å². The molecule has 0 saturated heterocycles. The lowest BCUT2D eigenvalue weighted by atomic mass is 10.1. The Balaban J connectivity index is 1.63. The summed E-state index contributed by atoms with van der Waals surface area (Å²) in [6.45, 7) is 4.20. The number of hydrogen-bond donors (Lipinski definition) is 1. The third-order valence-electron chi connectivity index (χ3n) is 3.86. The maximum Gasteiger partial charge on any atom is 0.234 e. The van der Waals surface area contributed by atoms with Crippen LogP contribution < -0.4 is 5.32 Å². The first-order valence-corrected chi connectivity index (χ1v) is 9.44. The molecule has 1 aromatic carbocycles. The van der Waals surface area contributed by atoms with Crippen molar-refractivity contribution in [3.8, 4) is 11.4 Å². The zero-order valence-corrected chi connectivity index (χ0v) is 15.9. The van der Waals surface area contributed by atoms with Crippen LogP contribution in [0.3, 0.4) is 0 Å². The van der Waals surface area contributed by atoms with Crippen molar-refractivity contribution >= 4 is 29.1 Å². The number of amides is 1. The summed E-state index contributed by atoms with van der Waals surface area (Å²) >= 11 is 1.33. The Morgan fingerprint density at radius 3 is 2.56 bits per heavy atom. The molecule has 0 fully saturated rings. The molecule has 8 heteroatoms. The highest BCUT2D eigenvalue weighted by Gasteiger charge is 2.14. The van der Waals surface area contributed by atoms with Gasteiger partial charge in [-0.1, -0.05) is 11.8 Å². The van der Waals surface area contributed by atoms with Crippen molar-refractivity contribution in [2.24, 2.45) is 0 Å². The first-order valence-electron chi connectivity index (χ1n) is 8.45. The third kappa shape index (κ3) is 4.59. The highest BCUT2D eigenvalue weighted by Crippen LogP contribution is 2.23. The number of rotatable bonds is 7. The summed E-state index contributed by atoms with van der Waals surface area (Å²) in [5.74, 6) is 0.781. The van der Waals surface area contributed by atoms with Crippen LogP contribution in [0.5, 0.6) is 0 Å². The Hall–Kier alpha value is -3.00. The van der Waals surface area contributed by atoms with Crippen LogP contribution in [0.25, 0.3) is 11.4 Å². The summed E-state index contributed by atoms with van der Waals surface area (Å²) in [6.07, 6.45) is 3.45. The number of aromatic nitrogens is 4. The maximum absolute atomic E-state index is 12.2. The molecule has 0 bridgehead atoms. The summed E-state index contributed by atoms with van der Waals surface area (Å²) in [5, 5.41) is 11.9. The quantitative estimate of drug-likeness (QED) is 0.499. The summed E-state index contributed by atoms with van der Waals surface area (Å²) < 4.78 is 1.95. The predicted molar refractivity (Wildman–Crippen MR) is 105 cm³/mol. The van der Waals surface area contributed by atoms with Gasteiger partial charge in [-0.15, -0.1) is 10.2 Å². The van der Waals surface area contributed by atoms with E-state index in [0.29, 0.717) is 23.0 Å². The molecule has 0 aliphatic rings. The molecule has 0 aliphatic carbocycles. The lowest BCUT2D eigenvalue weighted by Crippen LogP contribution is -2.14. The maximum atomic E-state index is 12.2. The number of nitrogens with zero attached hydrogens (tertiary/aromatic N) is 4. The van der Waals surface area contributed by atoms with Crippen molar-refractivity contribution in [2.75, 3.05) is 11.1 Å². The van der Waals surface area contributed by atoms with E-state index >= 15 is 0 Å². The van der Waals surface area contributed by atoms with Crippen LogP contribution in [0.1, 0.15) is 24.2 Å². The smallest absolute Gasteiger partial charge is 0.234 e. The number of hydrogen-bond acceptors (Lipinski definition) is 6. The van der Waals surface area contributed by atoms with Crippen LogP contribution in [0, 0.1) is 0 Å². The monoisotopic (exact) mass is 381 g/mol. The normalized spacial score (nSPS) is 10.6. The average molecular weight is 381 g/mol. The number of carbonyl (C=O) groups excluding carboxylic acids is 2.